The van der Waals surface area contributed by atoms with Crippen molar-refractivity contribution in [3.63, 3.8) is 0 Å². The van der Waals surface area contributed by atoms with Crippen LogP contribution in [0.4, 0.5) is 5.69 Å². The van der Waals surface area contributed by atoms with Crippen molar-refractivity contribution in [2.24, 2.45) is 0 Å². The van der Waals surface area contributed by atoms with Gasteiger partial charge in [-0.1, -0.05) is 29.3 Å². The van der Waals surface area contributed by atoms with Gasteiger partial charge in [0, 0.05) is 26.9 Å². The second-order valence-electron chi connectivity index (χ2n) is 7.27. The summed E-state index contributed by atoms with van der Waals surface area (Å²) in [4.78, 5) is 27.4. The molecule has 0 atom stereocenters. The van der Waals surface area contributed by atoms with Crippen molar-refractivity contribution in [1.82, 2.24) is 0 Å². The quantitative estimate of drug-likeness (QED) is 0.322. The van der Waals surface area contributed by atoms with Gasteiger partial charge < -0.3 is 23.8 Å². The Morgan fingerprint density at radius 3 is 1.89 bits per heavy atom. The van der Waals surface area contributed by atoms with Gasteiger partial charge in [0.1, 0.15) is 0 Å². The summed E-state index contributed by atoms with van der Waals surface area (Å²) in [5.41, 5.74) is 1.75. The van der Waals surface area contributed by atoms with Crippen LogP contribution in [0.2, 0.25) is 10.0 Å². The first-order valence-corrected chi connectivity index (χ1v) is 11.4. The highest BCUT2D eigenvalue weighted by Crippen LogP contribution is 2.39. The van der Waals surface area contributed by atoms with E-state index in [0.29, 0.717) is 44.1 Å². The van der Waals surface area contributed by atoms with Crippen LogP contribution in [0.1, 0.15) is 33.2 Å². The number of ether oxygens (including phenoxy) is 4. The van der Waals surface area contributed by atoms with Gasteiger partial charge in [-0.25, -0.2) is 4.79 Å². The zero-order valence-electron chi connectivity index (χ0n) is 19.8. The molecule has 1 amide bonds. The molecule has 0 fully saturated rings. The fourth-order valence-electron chi connectivity index (χ4n) is 3.47. The number of hydrogen-bond acceptors (Lipinski definition) is 6. The van der Waals surface area contributed by atoms with Crippen molar-refractivity contribution >= 4 is 40.8 Å². The number of anilines is 1. The number of rotatable bonds is 9. The first kappa shape index (κ1) is 26.2. The molecule has 0 radical (unpaired) electrons. The number of halogens is 2. The number of benzene rings is 3. The summed E-state index contributed by atoms with van der Waals surface area (Å²) in [5, 5.41) is 0.840. The maximum Gasteiger partial charge on any atom is 0.338 e. The normalized spacial score (nSPS) is 10.5. The van der Waals surface area contributed by atoms with Crippen molar-refractivity contribution in [3.8, 4) is 17.2 Å². The third-order valence-electron chi connectivity index (χ3n) is 5.22. The van der Waals surface area contributed by atoms with Crippen LogP contribution in [-0.2, 0) is 11.3 Å². The lowest BCUT2D eigenvalue weighted by molar-refractivity contribution is 0.0526. The van der Waals surface area contributed by atoms with Crippen LogP contribution in [0.15, 0.2) is 54.6 Å². The summed E-state index contributed by atoms with van der Waals surface area (Å²) in [6.07, 6.45) is 0. The number of amides is 1. The van der Waals surface area contributed by atoms with Gasteiger partial charge in [0.2, 0.25) is 5.75 Å². The molecular weight excluding hydrogens is 493 g/mol. The number of methoxy groups -OCH3 is 3. The number of hydrogen-bond donors (Lipinski definition) is 0. The lowest BCUT2D eigenvalue weighted by Crippen LogP contribution is -2.31. The Morgan fingerprint density at radius 1 is 0.829 bits per heavy atom. The summed E-state index contributed by atoms with van der Waals surface area (Å²) in [7, 11) is 4.43. The van der Waals surface area contributed by atoms with E-state index in [1.54, 1.807) is 61.5 Å². The largest absolute Gasteiger partial charge is 0.493 e. The highest BCUT2D eigenvalue weighted by molar-refractivity contribution is 6.36. The first-order chi connectivity index (χ1) is 16.8. The maximum absolute atomic E-state index is 13.8. The molecular formula is C26H25Cl2NO6. The molecule has 0 aliphatic rings. The number of carbonyl (C=O) groups excluding carboxylic acids is 2. The average molecular weight is 518 g/mol. The molecule has 0 saturated carbocycles. The molecule has 0 saturated heterocycles. The summed E-state index contributed by atoms with van der Waals surface area (Å²) in [6.45, 7) is 2.07. The minimum Gasteiger partial charge on any atom is -0.493 e. The Kier molecular flexibility index (Phi) is 8.84. The monoisotopic (exact) mass is 517 g/mol. The number of carbonyl (C=O) groups is 2. The molecule has 0 spiro atoms. The van der Waals surface area contributed by atoms with Crippen LogP contribution in [0.25, 0.3) is 0 Å². The molecule has 0 bridgehead atoms. The summed E-state index contributed by atoms with van der Waals surface area (Å²) in [6, 6.07) is 14.8. The van der Waals surface area contributed by atoms with E-state index in [-0.39, 0.29) is 24.6 Å². The molecule has 3 rings (SSSR count). The van der Waals surface area contributed by atoms with Crippen molar-refractivity contribution in [1.29, 1.82) is 0 Å². The number of esters is 1. The van der Waals surface area contributed by atoms with Crippen molar-refractivity contribution < 1.29 is 28.5 Å². The van der Waals surface area contributed by atoms with Crippen molar-refractivity contribution in [3.05, 3.63) is 81.3 Å². The van der Waals surface area contributed by atoms with Crippen LogP contribution < -0.4 is 19.1 Å². The van der Waals surface area contributed by atoms with E-state index in [1.165, 1.54) is 26.2 Å². The van der Waals surface area contributed by atoms with E-state index in [4.69, 9.17) is 42.1 Å². The van der Waals surface area contributed by atoms with Gasteiger partial charge in [-0.15, -0.1) is 0 Å². The van der Waals surface area contributed by atoms with Crippen LogP contribution in [0.3, 0.4) is 0 Å². The SMILES string of the molecule is CCOC(=O)c1ccc(N(Cc2c(Cl)cccc2Cl)C(=O)c2cc(OC)c(OC)c(OC)c2)cc1. The van der Waals surface area contributed by atoms with Crippen LogP contribution in [0.5, 0.6) is 17.2 Å². The van der Waals surface area contributed by atoms with Crippen molar-refractivity contribution in [2.45, 2.75) is 13.5 Å². The van der Waals surface area contributed by atoms with Crippen LogP contribution >= 0.6 is 23.2 Å². The van der Waals surface area contributed by atoms with Gasteiger partial charge in [-0.05, 0) is 55.5 Å². The smallest absolute Gasteiger partial charge is 0.338 e. The summed E-state index contributed by atoms with van der Waals surface area (Å²) in [5.74, 6) is 0.220. The second-order valence-corrected chi connectivity index (χ2v) is 8.09. The van der Waals surface area contributed by atoms with Gasteiger partial charge in [0.15, 0.2) is 11.5 Å². The maximum atomic E-state index is 13.8. The first-order valence-electron chi connectivity index (χ1n) is 10.7. The summed E-state index contributed by atoms with van der Waals surface area (Å²) < 4.78 is 21.2. The summed E-state index contributed by atoms with van der Waals surface area (Å²) >= 11 is 12.8. The molecule has 7 nitrogen and oxygen atoms in total. The van der Waals surface area contributed by atoms with E-state index >= 15 is 0 Å². The molecule has 0 N–H and O–H groups in total. The van der Waals surface area contributed by atoms with Gasteiger partial charge in [-0.2, -0.15) is 0 Å². The molecule has 0 unspecified atom stereocenters. The van der Waals surface area contributed by atoms with Crippen LogP contribution in [0, 0.1) is 0 Å². The predicted octanol–water partition coefficient (Wildman–Crippen LogP) is 6.04. The zero-order valence-corrected chi connectivity index (χ0v) is 21.3. The molecule has 3 aromatic rings. The van der Waals surface area contributed by atoms with Crippen LogP contribution in [-0.4, -0.2) is 39.8 Å². The number of nitrogens with zero attached hydrogens (tertiary/aromatic N) is 1. The molecule has 9 heteroatoms. The molecule has 0 heterocycles. The topological polar surface area (TPSA) is 74.3 Å². The lowest BCUT2D eigenvalue weighted by atomic mass is 10.1. The average Bonchev–Trinajstić information content (AvgIpc) is 2.87. The Balaban J connectivity index is 2.09. The predicted molar refractivity (Wildman–Crippen MR) is 135 cm³/mol. The minimum absolute atomic E-state index is 0.0761. The molecule has 0 aromatic heterocycles. The molecule has 0 aliphatic heterocycles. The molecule has 3 aromatic carbocycles. The third-order valence-corrected chi connectivity index (χ3v) is 5.93. The Hall–Kier alpha value is -3.42. The van der Waals surface area contributed by atoms with Gasteiger partial charge in [0.05, 0.1) is 40.0 Å². The van der Waals surface area contributed by atoms with E-state index < -0.39 is 5.97 Å². The standard InChI is InChI=1S/C26H25Cl2NO6/c1-5-35-26(31)16-9-11-18(12-10-16)29(15-19-20(27)7-6-8-21(19)28)25(30)17-13-22(32-2)24(34-4)23(14-17)33-3/h6-14H,5,15H2,1-4H3. The zero-order chi connectivity index (χ0) is 25.5. The molecule has 184 valence electrons. The van der Waals surface area contributed by atoms with Gasteiger partial charge >= 0.3 is 5.97 Å². The Morgan fingerprint density at radius 2 is 1.40 bits per heavy atom. The van der Waals surface area contributed by atoms with Crippen molar-refractivity contribution in [2.75, 3.05) is 32.8 Å². The van der Waals surface area contributed by atoms with E-state index in [1.807, 2.05) is 0 Å². The minimum atomic E-state index is -0.448. The third kappa shape index (κ3) is 5.81. The Bertz CT molecular complexity index is 1170. The van der Waals surface area contributed by atoms with E-state index in [2.05, 4.69) is 0 Å². The fourth-order valence-corrected chi connectivity index (χ4v) is 3.99. The van der Waals surface area contributed by atoms with Gasteiger partial charge in [0.25, 0.3) is 5.91 Å². The van der Waals surface area contributed by atoms with E-state index in [0.717, 1.165) is 0 Å². The fraction of sp³-hybridized carbons (Fsp3) is 0.231. The van der Waals surface area contributed by atoms with E-state index in [9.17, 15) is 9.59 Å². The molecule has 35 heavy (non-hydrogen) atoms. The highest BCUT2D eigenvalue weighted by Gasteiger charge is 2.24. The molecule has 0 aliphatic carbocycles. The highest BCUT2D eigenvalue weighted by atomic mass is 35.5. The Labute approximate surface area is 214 Å². The van der Waals surface area contributed by atoms with Gasteiger partial charge in [-0.3, -0.25) is 4.79 Å². The lowest BCUT2D eigenvalue weighted by Gasteiger charge is -2.25. The second kappa shape index (κ2) is 11.8.